The summed E-state index contributed by atoms with van der Waals surface area (Å²) in [5.41, 5.74) is 3.52. The summed E-state index contributed by atoms with van der Waals surface area (Å²) in [5.74, 6) is 1.08. The third-order valence-corrected chi connectivity index (χ3v) is 8.50. The van der Waals surface area contributed by atoms with E-state index in [1.54, 1.807) is 23.9 Å². The largest absolute Gasteiger partial charge is 0.354 e. The standard InChI is InChI=1S/C25H26Cl2N2O3S2/c1-18-6-9-23(14-19(18)2)29(34(31,32)24-10-7-21(26)8-11-24)16-25(30)28-12-13-33-17-20-4-3-5-22(27)15-20/h3-11,14-15H,12-13,16-17H2,1-2H3,(H,28,30). The van der Waals surface area contributed by atoms with Crippen LogP contribution in [0.3, 0.4) is 0 Å². The van der Waals surface area contributed by atoms with Gasteiger partial charge in [-0.25, -0.2) is 8.42 Å². The maximum Gasteiger partial charge on any atom is 0.264 e. The van der Waals surface area contributed by atoms with Gasteiger partial charge in [-0.15, -0.1) is 0 Å². The number of carbonyl (C=O) groups excluding carboxylic acids is 1. The van der Waals surface area contributed by atoms with Crippen LogP contribution in [0.4, 0.5) is 5.69 Å². The minimum Gasteiger partial charge on any atom is -0.354 e. The van der Waals surface area contributed by atoms with E-state index in [2.05, 4.69) is 5.32 Å². The number of anilines is 1. The van der Waals surface area contributed by atoms with Crippen LogP contribution in [0.5, 0.6) is 0 Å². The molecule has 0 heterocycles. The topological polar surface area (TPSA) is 66.5 Å². The first kappa shape index (κ1) is 26.4. The Hall–Kier alpha value is -2.19. The first-order valence-electron chi connectivity index (χ1n) is 10.6. The summed E-state index contributed by atoms with van der Waals surface area (Å²) in [4.78, 5) is 12.8. The van der Waals surface area contributed by atoms with Gasteiger partial charge >= 0.3 is 0 Å². The van der Waals surface area contributed by atoms with Crippen molar-refractivity contribution < 1.29 is 13.2 Å². The number of sulfonamides is 1. The van der Waals surface area contributed by atoms with Crippen molar-refractivity contribution >= 4 is 56.6 Å². The fourth-order valence-corrected chi connectivity index (χ4v) is 5.75. The molecule has 3 rings (SSSR count). The van der Waals surface area contributed by atoms with Crippen molar-refractivity contribution in [2.24, 2.45) is 0 Å². The number of amides is 1. The van der Waals surface area contributed by atoms with Crippen LogP contribution in [0.25, 0.3) is 0 Å². The molecule has 0 bridgehead atoms. The first-order valence-corrected chi connectivity index (χ1v) is 14.0. The second-order valence-electron chi connectivity index (χ2n) is 7.77. The lowest BCUT2D eigenvalue weighted by Crippen LogP contribution is -2.41. The molecule has 5 nitrogen and oxygen atoms in total. The molecule has 0 aliphatic heterocycles. The van der Waals surface area contributed by atoms with Crippen molar-refractivity contribution in [2.45, 2.75) is 24.5 Å². The number of thioether (sulfide) groups is 1. The predicted molar refractivity (Wildman–Crippen MR) is 143 cm³/mol. The van der Waals surface area contributed by atoms with Crippen LogP contribution in [0, 0.1) is 13.8 Å². The fraction of sp³-hybridized carbons (Fsp3) is 0.240. The molecule has 3 aromatic carbocycles. The molecule has 0 aromatic heterocycles. The van der Waals surface area contributed by atoms with Gasteiger partial charge in [0.05, 0.1) is 10.6 Å². The van der Waals surface area contributed by atoms with Gasteiger partial charge in [-0.1, -0.05) is 41.4 Å². The number of halogens is 2. The Balaban J connectivity index is 1.67. The molecule has 0 aliphatic rings. The third kappa shape index (κ3) is 7.15. The first-order chi connectivity index (χ1) is 16.2. The summed E-state index contributed by atoms with van der Waals surface area (Å²) in [5, 5.41) is 3.96. The molecule has 0 fully saturated rings. The number of hydrogen-bond acceptors (Lipinski definition) is 4. The molecule has 3 aromatic rings. The Morgan fingerprint density at radius 2 is 1.68 bits per heavy atom. The van der Waals surface area contributed by atoms with Gasteiger partial charge in [-0.3, -0.25) is 9.10 Å². The van der Waals surface area contributed by atoms with Gasteiger partial charge in [0.15, 0.2) is 0 Å². The number of rotatable bonds is 10. The Kier molecular flexibility index (Phi) is 9.31. The molecule has 0 atom stereocenters. The van der Waals surface area contributed by atoms with Gasteiger partial charge < -0.3 is 5.32 Å². The van der Waals surface area contributed by atoms with Gasteiger partial charge in [0.25, 0.3) is 10.0 Å². The predicted octanol–water partition coefficient (Wildman–Crippen LogP) is 5.86. The van der Waals surface area contributed by atoms with Crippen molar-refractivity contribution in [3.8, 4) is 0 Å². The van der Waals surface area contributed by atoms with Crippen molar-refractivity contribution in [2.75, 3.05) is 23.1 Å². The summed E-state index contributed by atoms with van der Waals surface area (Å²) >= 11 is 13.6. The normalized spacial score (nSPS) is 11.3. The summed E-state index contributed by atoms with van der Waals surface area (Å²) in [6.45, 7) is 3.95. The van der Waals surface area contributed by atoms with Gasteiger partial charge in [0, 0.05) is 28.1 Å². The summed E-state index contributed by atoms with van der Waals surface area (Å²) < 4.78 is 28.0. The third-order valence-electron chi connectivity index (χ3n) is 5.19. The fourth-order valence-electron chi connectivity index (χ4n) is 3.20. The van der Waals surface area contributed by atoms with E-state index in [-0.39, 0.29) is 17.3 Å². The monoisotopic (exact) mass is 536 g/mol. The van der Waals surface area contributed by atoms with Crippen molar-refractivity contribution in [3.63, 3.8) is 0 Å². The minimum atomic E-state index is -3.97. The van der Waals surface area contributed by atoms with Crippen LogP contribution in [0.2, 0.25) is 10.0 Å². The second-order valence-corrected chi connectivity index (χ2v) is 11.6. The van der Waals surface area contributed by atoms with Crippen LogP contribution in [-0.4, -0.2) is 33.2 Å². The SMILES string of the molecule is Cc1ccc(N(CC(=O)NCCSCc2cccc(Cl)c2)S(=O)(=O)c2ccc(Cl)cc2)cc1C. The number of benzene rings is 3. The summed E-state index contributed by atoms with van der Waals surface area (Å²) in [6, 6.07) is 18.9. The van der Waals surface area contributed by atoms with Crippen LogP contribution in [0.1, 0.15) is 16.7 Å². The van der Waals surface area contributed by atoms with Crippen molar-refractivity contribution in [1.82, 2.24) is 5.32 Å². The summed E-state index contributed by atoms with van der Waals surface area (Å²) in [7, 11) is -3.97. The molecule has 180 valence electrons. The van der Waals surface area contributed by atoms with Crippen LogP contribution in [0.15, 0.2) is 71.6 Å². The highest BCUT2D eigenvalue weighted by Gasteiger charge is 2.27. The minimum absolute atomic E-state index is 0.0694. The molecule has 34 heavy (non-hydrogen) atoms. The molecule has 1 N–H and O–H groups in total. The quantitative estimate of drug-likeness (QED) is 0.329. The molecule has 0 radical (unpaired) electrons. The highest BCUT2D eigenvalue weighted by atomic mass is 35.5. The summed E-state index contributed by atoms with van der Waals surface area (Å²) in [6.07, 6.45) is 0. The van der Waals surface area contributed by atoms with Gasteiger partial charge in [-0.2, -0.15) is 11.8 Å². The van der Waals surface area contributed by atoms with E-state index >= 15 is 0 Å². The lowest BCUT2D eigenvalue weighted by Gasteiger charge is -2.25. The zero-order valence-electron chi connectivity index (χ0n) is 18.9. The van der Waals surface area contributed by atoms with Crippen LogP contribution >= 0.6 is 35.0 Å². The van der Waals surface area contributed by atoms with Crippen LogP contribution in [-0.2, 0) is 20.6 Å². The van der Waals surface area contributed by atoms with E-state index in [9.17, 15) is 13.2 Å². The lowest BCUT2D eigenvalue weighted by molar-refractivity contribution is -0.119. The molecule has 0 saturated heterocycles. The van der Waals surface area contributed by atoms with Crippen LogP contribution < -0.4 is 9.62 Å². The van der Waals surface area contributed by atoms with Crippen molar-refractivity contribution in [1.29, 1.82) is 0 Å². The average Bonchev–Trinajstić information content (AvgIpc) is 2.79. The zero-order valence-corrected chi connectivity index (χ0v) is 22.1. The number of carbonyl (C=O) groups is 1. The van der Waals surface area contributed by atoms with Gasteiger partial charge in [0.1, 0.15) is 6.54 Å². The van der Waals surface area contributed by atoms with Crippen molar-refractivity contribution in [3.05, 3.63) is 93.5 Å². The zero-order chi connectivity index (χ0) is 24.7. The Labute approximate surface area is 215 Å². The number of hydrogen-bond donors (Lipinski definition) is 1. The smallest absolute Gasteiger partial charge is 0.264 e. The highest BCUT2D eigenvalue weighted by molar-refractivity contribution is 7.98. The highest BCUT2D eigenvalue weighted by Crippen LogP contribution is 2.26. The molecular weight excluding hydrogens is 511 g/mol. The lowest BCUT2D eigenvalue weighted by atomic mass is 10.1. The van der Waals surface area contributed by atoms with Gasteiger partial charge in [0.2, 0.25) is 5.91 Å². The number of nitrogens with one attached hydrogen (secondary N) is 1. The Bertz CT molecular complexity index is 1250. The van der Waals surface area contributed by atoms with E-state index < -0.39 is 10.0 Å². The van der Waals surface area contributed by atoms with E-state index in [1.807, 2.05) is 44.2 Å². The van der Waals surface area contributed by atoms with E-state index in [0.717, 1.165) is 26.7 Å². The Morgan fingerprint density at radius 1 is 0.941 bits per heavy atom. The molecule has 0 unspecified atom stereocenters. The molecular formula is C25H26Cl2N2O3S2. The molecule has 0 saturated carbocycles. The Morgan fingerprint density at radius 3 is 2.35 bits per heavy atom. The van der Waals surface area contributed by atoms with E-state index in [4.69, 9.17) is 23.2 Å². The number of aryl methyl sites for hydroxylation is 2. The van der Waals surface area contributed by atoms with E-state index in [1.165, 1.54) is 24.3 Å². The average molecular weight is 538 g/mol. The number of nitrogens with zero attached hydrogens (tertiary/aromatic N) is 1. The maximum absolute atomic E-state index is 13.4. The van der Waals surface area contributed by atoms with Gasteiger partial charge in [-0.05, 0) is 79.1 Å². The molecule has 0 aliphatic carbocycles. The molecule has 0 spiro atoms. The molecule has 9 heteroatoms. The van der Waals surface area contributed by atoms with E-state index in [0.29, 0.717) is 28.0 Å². The maximum atomic E-state index is 13.4. The molecule has 1 amide bonds. The second kappa shape index (κ2) is 12.0.